The summed E-state index contributed by atoms with van der Waals surface area (Å²) in [6, 6.07) is 0. The number of halogens is 1. The van der Waals surface area contributed by atoms with Gasteiger partial charge in [-0.2, -0.15) is 0 Å². The lowest BCUT2D eigenvalue weighted by atomic mass is 9.67. The molecule has 0 radical (unpaired) electrons. The quantitative estimate of drug-likeness (QED) is 0.300. The average Bonchev–Trinajstić information content (AvgIpc) is 2.70. The highest BCUT2D eigenvalue weighted by molar-refractivity contribution is 14.0. The van der Waals surface area contributed by atoms with Crippen molar-refractivity contribution in [3.05, 3.63) is 0 Å². The maximum Gasteiger partial charge on any atom is 0.191 e. The minimum Gasteiger partial charge on any atom is -0.385 e. The van der Waals surface area contributed by atoms with Gasteiger partial charge in [0, 0.05) is 52.5 Å². The summed E-state index contributed by atoms with van der Waals surface area (Å²) in [5.74, 6) is 0.955. The lowest BCUT2D eigenvalue weighted by Crippen LogP contribution is -2.60. The zero-order valence-electron chi connectivity index (χ0n) is 17.9. The third-order valence-corrected chi connectivity index (χ3v) is 7.16. The van der Waals surface area contributed by atoms with Crippen LogP contribution in [0.4, 0.5) is 0 Å². The van der Waals surface area contributed by atoms with E-state index in [2.05, 4.69) is 20.5 Å². The molecule has 1 aliphatic heterocycles. The van der Waals surface area contributed by atoms with Crippen molar-refractivity contribution in [2.75, 3.05) is 60.2 Å². The average molecular weight is 508 g/mol. The number of ether oxygens (including phenoxy) is 2. The number of morpholine rings is 1. The lowest BCUT2D eigenvalue weighted by Gasteiger charge is -2.48. The zero-order chi connectivity index (χ0) is 19.0. The highest BCUT2D eigenvalue weighted by atomic mass is 127. The van der Waals surface area contributed by atoms with Gasteiger partial charge in [-0.1, -0.05) is 25.7 Å². The predicted octanol–water partition coefficient (Wildman–Crippen LogP) is 3.01. The molecule has 2 saturated carbocycles. The van der Waals surface area contributed by atoms with E-state index in [-0.39, 0.29) is 29.5 Å². The fourth-order valence-corrected chi connectivity index (χ4v) is 5.10. The predicted molar refractivity (Wildman–Crippen MR) is 126 cm³/mol. The molecule has 0 aromatic carbocycles. The van der Waals surface area contributed by atoms with Crippen molar-refractivity contribution in [3.8, 4) is 0 Å². The van der Waals surface area contributed by atoms with Crippen LogP contribution in [0.3, 0.4) is 0 Å². The molecule has 1 heterocycles. The molecule has 0 bridgehead atoms. The van der Waals surface area contributed by atoms with Gasteiger partial charge in [0.05, 0.1) is 13.2 Å². The van der Waals surface area contributed by atoms with Crippen LogP contribution in [0, 0.1) is 5.41 Å². The van der Waals surface area contributed by atoms with Gasteiger partial charge in [0.15, 0.2) is 5.96 Å². The monoisotopic (exact) mass is 508 g/mol. The first-order chi connectivity index (χ1) is 13.2. The highest BCUT2D eigenvalue weighted by Crippen LogP contribution is 2.43. The first kappa shape index (κ1) is 24.2. The van der Waals surface area contributed by atoms with Gasteiger partial charge in [0.2, 0.25) is 0 Å². The van der Waals surface area contributed by atoms with Crippen LogP contribution in [0.15, 0.2) is 4.99 Å². The SMILES string of the molecule is CN=C(NCC1(CCOC)CCC1)NCC1(N2CCOCC2)CCCCC1.I. The molecular formula is C21H41IN4O2. The molecule has 3 rings (SSSR count). The molecule has 2 N–H and O–H groups in total. The Kier molecular flexibility index (Phi) is 10.3. The fourth-order valence-electron chi connectivity index (χ4n) is 5.10. The molecule has 0 unspecified atom stereocenters. The van der Waals surface area contributed by atoms with E-state index < -0.39 is 0 Å². The van der Waals surface area contributed by atoms with Gasteiger partial charge in [0.25, 0.3) is 0 Å². The number of nitrogens with zero attached hydrogens (tertiary/aromatic N) is 2. The van der Waals surface area contributed by atoms with E-state index >= 15 is 0 Å². The number of methoxy groups -OCH3 is 1. The van der Waals surface area contributed by atoms with Crippen molar-refractivity contribution in [1.29, 1.82) is 0 Å². The normalized spacial score (nSPS) is 24.7. The number of rotatable bonds is 8. The molecule has 0 atom stereocenters. The molecule has 7 heteroatoms. The van der Waals surface area contributed by atoms with Crippen molar-refractivity contribution in [1.82, 2.24) is 15.5 Å². The lowest BCUT2D eigenvalue weighted by molar-refractivity contribution is -0.0353. The summed E-state index contributed by atoms with van der Waals surface area (Å²) >= 11 is 0. The van der Waals surface area contributed by atoms with Gasteiger partial charge in [0.1, 0.15) is 0 Å². The number of hydrogen-bond acceptors (Lipinski definition) is 4. The maximum absolute atomic E-state index is 5.60. The van der Waals surface area contributed by atoms with Crippen LogP contribution in [0.5, 0.6) is 0 Å². The summed E-state index contributed by atoms with van der Waals surface area (Å²) in [6.07, 6.45) is 11.7. The van der Waals surface area contributed by atoms with Gasteiger partial charge < -0.3 is 20.1 Å². The van der Waals surface area contributed by atoms with Gasteiger partial charge in [-0.05, 0) is 37.5 Å². The van der Waals surface area contributed by atoms with Gasteiger partial charge in [-0.3, -0.25) is 9.89 Å². The molecule has 0 aromatic heterocycles. The Morgan fingerprint density at radius 2 is 1.68 bits per heavy atom. The van der Waals surface area contributed by atoms with Crippen LogP contribution in [0.2, 0.25) is 0 Å². The molecule has 3 aliphatic rings. The van der Waals surface area contributed by atoms with E-state index in [4.69, 9.17) is 9.47 Å². The first-order valence-corrected chi connectivity index (χ1v) is 11.0. The Morgan fingerprint density at radius 1 is 1.00 bits per heavy atom. The Balaban J connectivity index is 0.00000280. The van der Waals surface area contributed by atoms with E-state index in [9.17, 15) is 0 Å². The van der Waals surface area contributed by atoms with Crippen molar-refractivity contribution in [3.63, 3.8) is 0 Å². The van der Waals surface area contributed by atoms with E-state index in [0.29, 0.717) is 5.41 Å². The van der Waals surface area contributed by atoms with Gasteiger partial charge in [-0.15, -0.1) is 24.0 Å². The molecule has 28 heavy (non-hydrogen) atoms. The topological polar surface area (TPSA) is 58.1 Å². The number of aliphatic imine (C=N–C) groups is 1. The second kappa shape index (κ2) is 11.9. The fraction of sp³-hybridized carbons (Fsp3) is 0.952. The Hall–Kier alpha value is -0.120. The first-order valence-electron chi connectivity index (χ1n) is 11.0. The smallest absolute Gasteiger partial charge is 0.191 e. The van der Waals surface area contributed by atoms with Crippen molar-refractivity contribution in [2.24, 2.45) is 10.4 Å². The van der Waals surface area contributed by atoms with Crippen LogP contribution >= 0.6 is 24.0 Å². The van der Waals surface area contributed by atoms with E-state index in [1.807, 2.05) is 7.05 Å². The standard InChI is InChI=1S/C21H40N4O2.HI/c1-22-19(23-17-20(7-6-8-20)11-14-26-2)24-18-21(9-4-3-5-10-21)25-12-15-27-16-13-25;/h3-18H2,1-2H3,(H2,22,23,24);1H. The largest absolute Gasteiger partial charge is 0.385 e. The third-order valence-electron chi connectivity index (χ3n) is 7.16. The summed E-state index contributed by atoms with van der Waals surface area (Å²) < 4.78 is 10.9. The Labute approximate surface area is 188 Å². The summed E-state index contributed by atoms with van der Waals surface area (Å²) in [6.45, 7) is 6.71. The summed E-state index contributed by atoms with van der Waals surface area (Å²) in [4.78, 5) is 7.19. The second-order valence-electron chi connectivity index (χ2n) is 8.76. The highest BCUT2D eigenvalue weighted by Gasteiger charge is 2.39. The Bertz CT molecular complexity index is 473. The summed E-state index contributed by atoms with van der Waals surface area (Å²) in [5.41, 5.74) is 0.671. The van der Waals surface area contributed by atoms with Crippen LogP contribution in [-0.2, 0) is 9.47 Å². The molecular weight excluding hydrogens is 467 g/mol. The number of guanidine groups is 1. The minimum absolute atomic E-state index is 0. The molecule has 0 amide bonds. The number of nitrogens with one attached hydrogen (secondary N) is 2. The summed E-state index contributed by atoms with van der Waals surface area (Å²) in [7, 11) is 3.69. The van der Waals surface area contributed by atoms with E-state index in [0.717, 1.165) is 58.4 Å². The van der Waals surface area contributed by atoms with Crippen molar-refractivity contribution < 1.29 is 9.47 Å². The Morgan fingerprint density at radius 3 is 2.25 bits per heavy atom. The van der Waals surface area contributed by atoms with Crippen molar-refractivity contribution >= 4 is 29.9 Å². The van der Waals surface area contributed by atoms with Gasteiger partial charge >= 0.3 is 0 Å². The zero-order valence-corrected chi connectivity index (χ0v) is 20.3. The van der Waals surface area contributed by atoms with Crippen LogP contribution in [0.25, 0.3) is 0 Å². The van der Waals surface area contributed by atoms with Gasteiger partial charge in [-0.25, -0.2) is 0 Å². The van der Waals surface area contributed by atoms with Crippen LogP contribution in [-0.4, -0.2) is 76.6 Å². The third kappa shape index (κ3) is 6.19. The molecule has 6 nitrogen and oxygen atoms in total. The molecule has 2 aliphatic carbocycles. The minimum atomic E-state index is 0. The van der Waals surface area contributed by atoms with E-state index in [1.165, 1.54) is 51.4 Å². The molecule has 1 saturated heterocycles. The van der Waals surface area contributed by atoms with Crippen LogP contribution in [0.1, 0.15) is 57.8 Å². The molecule has 164 valence electrons. The second-order valence-corrected chi connectivity index (χ2v) is 8.76. The maximum atomic E-state index is 5.60. The van der Waals surface area contributed by atoms with E-state index in [1.54, 1.807) is 7.11 Å². The van der Waals surface area contributed by atoms with Crippen LogP contribution < -0.4 is 10.6 Å². The summed E-state index contributed by atoms with van der Waals surface area (Å²) in [5, 5.41) is 7.30. The number of hydrogen-bond donors (Lipinski definition) is 2. The molecule has 0 spiro atoms. The van der Waals surface area contributed by atoms with Crippen molar-refractivity contribution in [2.45, 2.75) is 63.3 Å². The molecule has 0 aromatic rings. The molecule has 3 fully saturated rings.